The van der Waals surface area contributed by atoms with E-state index in [9.17, 15) is 0 Å². The minimum Gasteiger partial charge on any atom is -0.315 e. The van der Waals surface area contributed by atoms with Gasteiger partial charge in [-0.2, -0.15) is 0 Å². The maximum Gasteiger partial charge on any atom is 0.0991 e. The molecule has 0 atom stereocenters. The molecule has 5 rings (SSSR count). The summed E-state index contributed by atoms with van der Waals surface area (Å²) in [6, 6.07) is 20.9. The minimum atomic E-state index is 0.597. The van der Waals surface area contributed by atoms with Crippen molar-refractivity contribution in [1.29, 1.82) is 0 Å². The number of aromatic nitrogens is 1. The van der Waals surface area contributed by atoms with Gasteiger partial charge in [0.1, 0.15) is 0 Å². The van der Waals surface area contributed by atoms with Gasteiger partial charge in [-0.15, -0.1) is 11.3 Å². The number of hydrogen-bond acceptors (Lipinski definition) is 2. The largest absolute Gasteiger partial charge is 0.315 e. The van der Waals surface area contributed by atoms with Crippen LogP contribution in [0.2, 0.25) is 5.02 Å². The van der Waals surface area contributed by atoms with Crippen molar-refractivity contribution in [3.63, 3.8) is 0 Å². The third-order valence-electron chi connectivity index (χ3n) is 4.40. The second-order valence-corrected chi connectivity index (χ2v) is 7.31. The SMILES string of the molecule is Clc1cccc2c1CN=C(c1cc3ccccc3s1)c1cccn1-2. The summed E-state index contributed by atoms with van der Waals surface area (Å²) in [7, 11) is 0. The van der Waals surface area contributed by atoms with Crippen molar-refractivity contribution in [3.8, 4) is 5.69 Å². The van der Waals surface area contributed by atoms with E-state index < -0.39 is 0 Å². The normalized spacial score (nSPS) is 13.3. The van der Waals surface area contributed by atoms with Gasteiger partial charge in [-0.3, -0.25) is 4.99 Å². The van der Waals surface area contributed by atoms with Crippen LogP contribution >= 0.6 is 22.9 Å². The van der Waals surface area contributed by atoms with Crippen molar-refractivity contribution < 1.29 is 0 Å². The average Bonchev–Trinajstić information content (AvgIpc) is 3.20. The Kier molecular flexibility index (Phi) is 3.12. The number of rotatable bonds is 1. The summed E-state index contributed by atoms with van der Waals surface area (Å²) in [5, 5.41) is 2.03. The number of hydrogen-bond donors (Lipinski definition) is 0. The van der Waals surface area contributed by atoms with E-state index in [0.717, 1.165) is 27.7 Å². The van der Waals surface area contributed by atoms with Crippen molar-refractivity contribution in [3.05, 3.63) is 88.0 Å². The first-order chi connectivity index (χ1) is 11.8. The summed E-state index contributed by atoms with van der Waals surface area (Å²) >= 11 is 8.21. The molecule has 0 fully saturated rings. The van der Waals surface area contributed by atoms with Gasteiger partial charge in [0.05, 0.1) is 28.5 Å². The standard InChI is InChI=1S/C20H13ClN2S/c21-15-6-3-7-16-14(15)12-22-20(17-8-4-10-23(16)17)19-11-13-5-1-2-9-18(13)24-19/h1-11H,12H2. The Hall–Kier alpha value is -2.36. The molecular formula is C20H13ClN2S. The Balaban J connectivity index is 1.75. The van der Waals surface area contributed by atoms with Gasteiger partial charge in [-0.25, -0.2) is 0 Å². The molecule has 0 N–H and O–H groups in total. The van der Waals surface area contributed by atoms with Crippen LogP contribution in [-0.4, -0.2) is 10.3 Å². The number of aliphatic imine (C=N–C) groups is 1. The smallest absolute Gasteiger partial charge is 0.0991 e. The third kappa shape index (κ3) is 2.05. The molecule has 1 aliphatic rings. The summed E-state index contributed by atoms with van der Waals surface area (Å²) in [5.74, 6) is 0. The third-order valence-corrected chi connectivity index (χ3v) is 5.88. The fraction of sp³-hybridized carbons (Fsp3) is 0.0500. The van der Waals surface area contributed by atoms with Gasteiger partial charge in [0.25, 0.3) is 0 Å². The van der Waals surface area contributed by atoms with Crippen LogP contribution in [-0.2, 0) is 6.54 Å². The predicted octanol–water partition coefficient (Wildman–Crippen LogP) is 5.70. The van der Waals surface area contributed by atoms with Crippen LogP contribution in [0.1, 0.15) is 16.1 Å². The minimum absolute atomic E-state index is 0.597. The monoisotopic (exact) mass is 348 g/mol. The van der Waals surface area contributed by atoms with Crippen molar-refractivity contribution in [2.45, 2.75) is 6.54 Å². The van der Waals surface area contributed by atoms with Gasteiger partial charge in [0.15, 0.2) is 0 Å². The van der Waals surface area contributed by atoms with Crippen LogP contribution in [0.3, 0.4) is 0 Å². The molecule has 2 aromatic carbocycles. The molecule has 0 amide bonds. The van der Waals surface area contributed by atoms with E-state index in [2.05, 4.69) is 59.3 Å². The van der Waals surface area contributed by atoms with Gasteiger partial charge in [-0.1, -0.05) is 35.9 Å². The topological polar surface area (TPSA) is 17.3 Å². The Morgan fingerprint density at radius 2 is 1.92 bits per heavy atom. The second-order valence-electron chi connectivity index (χ2n) is 5.81. The van der Waals surface area contributed by atoms with E-state index in [-0.39, 0.29) is 0 Å². The van der Waals surface area contributed by atoms with Crippen LogP contribution in [0.25, 0.3) is 15.8 Å². The molecule has 4 aromatic rings. The van der Waals surface area contributed by atoms with Gasteiger partial charge >= 0.3 is 0 Å². The Labute approximate surface area is 148 Å². The molecule has 116 valence electrons. The molecule has 4 heteroatoms. The molecule has 2 aromatic heterocycles. The summed E-state index contributed by atoms with van der Waals surface area (Å²) in [6.45, 7) is 0.597. The first-order valence-electron chi connectivity index (χ1n) is 7.80. The molecule has 0 aliphatic carbocycles. The van der Waals surface area contributed by atoms with E-state index >= 15 is 0 Å². The lowest BCUT2D eigenvalue weighted by Gasteiger charge is -2.11. The van der Waals surface area contributed by atoms with Gasteiger partial charge < -0.3 is 4.57 Å². The molecule has 0 bridgehead atoms. The van der Waals surface area contributed by atoms with E-state index in [1.165, 1.54) is 15.0 Å². The zero-order valence-electron chi connectivity index (χ0n) is 12.7. The Bertz CT molecular complexity index is 1070. The highest BCUT2D eigenvalue weighted by Crippen LogP contribution is 2.33. The van der Waals surface area contributed by atoms with E-state index in [4.69, 9.17) is 16.6 Å². The zero-order chi connectivity index (χ0) is 16.1. The molecule has 2 nitrogen and oxygen atoms in total. The predicted molar refractivity (Wildman–Crippen MR) is 102 cm³/mol. The molecule has 0 spiro atoms. The highest BCUT2D eigenvalue weighted by Gasteiger charge is 2.20. The Morgan fingerprint density at radius 1 is 1.00 bits per heavy atom. The molecule has 0 saturated heterocycles. The van der Waals surface area contributed by atoms with E-state index in [1.807, 2.05) is 12.1 Å². The summed E-state index contributed by atoms with van der Waals surface area (Å²) in [4.78, 5) is 6.12. The van der Waals surface area contributed by atoms with Crippen molar-refractivity contribution in [2.75, 3.05) is 0 Å². The van der Waals surface area contributed by atoms with Crippen LogP contribution in [0.4, 0.5) is 0 Å². The van der Waals surface area contributed by atoms with Gasteiger partial charge in [0.2, 0.25) is 0 Å². The van der Waals surface area contributed by atoms with Crippen molar-refractivity contribution >= 4 is 38.7 Å². The highest BCUT2D eigenvalue weighted by molar-refractivity contribution is 7.21. The maximum absolute atomic E-state index is 6.43. The van der Waals surface area contributed by atoms with Crippen molar-refractivity contribution in [2.24, 2.45) is 4.99 Å². The first-order valence-corrected chi connectivity index (χ1v) is 8.99. The van der Waals surface area contributed by atoms with Crippen molar-refractivity contribution in [1.82, 2.24) is 4.57 Å². The molecule has 3 heterocycles. The number of benzene rings is 2. The van der Waals surface area contributed by atoms with Crippen LogP contribution < -0.4 is 0 Å². The summed E-state index contributed by atoms with van der Waals surface area (Å²) in [5.41, 5.74) is 4.34. The number of thiophene rings is 1. The highest BCUT2D eigenvalue weighted by atomic mass is 35.5. The zero-order valence-corrected chi connectivity index (χ0v) is 14.3. The lowest BCUT2D eigenvalue weighted by Crippen LogP contribution is -2.06. The fourth-order valence-corrected chi connectivity index (χ4v) is 4.56. The number of nitrogens with zero attached hydrogens (tertiary/aromatic N) is 2. The lowest BCUT2D eigenvalue weighted by atomic mass is 10.1. The van der Waals surface area contributed by atoms with E-state index in [1.54, 1.807) is 11.3 Å². The fourth-order valence-electron chi connectivity index (χ4n) is 3.26. The Morgan fingerprint density at radius 3 is 2.83 bits per heavy atom. The maximum atomic E-state index is 6.43. The second kappa shape index (κ2) is 5.33. The molecule has 1 aliphatic heterocycles. The molecule has 0 unspecified atom stereocenters. The van der Waals surface area contributed by atoms with Gasteiger partial charge in [-0.05, 0) is 41.8 Å². The van der Waals surface area contributed by atoms with Crippen LogP contribution in [0.15, 0.2) is 71.9 Å². The summed E-state index contributed by atoms with van der Waals surface area (Å²) in [6.07, 6.45) is 2.08. The molecule has 24 heavy (non-hydrogen) atoms. The number of fused-ring (bicyclic) bond motifs is 4. The van der Waals surface area contributed by atoms with E-state index in [0.29, 0.717) is 6.54 Å². The first kappa shape index (κ1) is 14.0. The molecule has 0 saturated carbocycles. The summed E-state index contributed by atoms with van der Waals surface area (Å²) < 4.78 is 3.48. The number of halogens is 1. The van der Waals surface area contributed by atoms with Crippen LogP contribution in [0.5, 0.6) is 0 Å². The van der Waals surface area contributed by atoms with Crippen LogP contribution in [0, 0.1) is 0 Å². The quantitative estimate of drug-likeness (QED) is 0.420. The molecular weight excluding hydrogens is 336 g/mol. The lowest BCUT2D eigenvalue weighted by molar-refractivity contribution is 1.02. The molecule has 0 radical (unpaired) electrons. The van der Waals surface area contributed by atoms with Gasteiger partial charge in [0, 0.05) is 21.5 Å². The average molecular weight is 349 g/mol.